The predicted molar refractivity (Wildman–Crippen MR) is 122 cm³/mol. The molecule has 1 aliphatic carbocycles. The third kappa shape index (κ3) is 3.60. The highest BCUT2D eigenvalue weighted by Gasteiger charge is 2.28. The molecule has 5 heteroatoms. The summed E-state index contributed by atoms with van der Waals surface area (Å²) in [5.74, 6) is 2.24. The molecule has 0 bridgehead atoms. The fourth-order valence-electron chi connectivity index (χ4n) is 4.44. The number of benzene rings is 1. The molecule has 1 aromatic carbocycles. The van der Waals surface area contributed by atoms with Crippen molar-refractivity contribution in [1.82, 2.24) is 9.55 Å². The number of rotatable bonds is 6. The first-order valence-electron chi connectivity index (χ1n) is 10.9. The van der Waals surface area contributed by atoms with Crippen molar-refractivity contribution in [2.45, 2.75) is 52.5 Å². The lowest BCUT2D eigenvalue weighted by molar-refractivity contribution is 0.302. The van der Waals surface area contributed by atoms with E-state index in [1.165, 1.54) is 18.4 Å². The molecule has 0 spiro atoms. The third-order valence-corrected chi connectivity index (χ3v) is 7.25. The Morgan fingerprint density at radius 1 is 1.23 bits per heavy atom. The zero-order chi connectivity index (χ0) is 20.8. The first-order chi connectivity index (χ1) is 14.5. The molecule has 1 saturated carbocycles. The Morgan fingerprint density at radius 3 is 2.77 bits per heavy atom. The van der Waals surface area contributed by atoms with Gasteiger partial charge in [0, 0.05) is 41.0 Å². The molecule has 0 amide bonds. The van der Waals surface area contributed by atoms with Crippen LogP contribution in [0.4, 0.5) is 0 Å². The van der Waals surface area contributed by atoms with Crippen LogP contribution in [0.3, 0.4) is 0 Å². The first kappa shape index (κ1) is 19.6. The van der Waals surface area contributed by atoms with E-state index >= 15 is 0 Å². The van der Waals surface area contributed by atoms with Crippen LogP contribution >= 0.6 is 11.3 Å². The fraction of sp³-hybridized carbons (Fsp3) is 0.440. The molecule has 0 N–H and O–H groups in total. The lowest BCUT2D eigenvalue weighted by Gasteiger charge is -2.34. The van der Waals surface area contributed by atoms with E-state index < -0.39 is 0 Å². The van der Waals surface area contributed by atoms with E-state index in [0.29, 0.717) is 12.0 Å². The van der Waals surface area contributed by atoms with Crippen LogP contribution in [-0.2, 0) is 6.42 Å². The lowest BCUT2D eigenvalue weighted by Crippen LogP contribution is -2.26. The van der Waals surface area contributed by atoms with E-state index in [1.54, 1.807) is 11.3 Å². The molecule has 0 radical (unpaired) electrons. The van der Waals surface area contributed by atoms with Gasteiger partial charge in [0.25, 0.3) is 0 Å². The number of aromatic nitrogens is 2. The number of thiazole rings is 1. The van der Waals surface area contributed by atoms with E-state index in [9.17, 15) is 4.79 Å². The van der Waals surface area contributed by atoms with Gasteiger partial charge in [-0.1, -0.05) is 26.7 Å². The molecule has 4 nitrogen and oxygen atoms in total. The summed E-state index contributed by atoms with van der Waals surface area (Å²) >= 11 is 1.63. The molecule has 0 saturated heterocycles. The standard InChI is InChI=1S/C25H28N2O2S/c1-15(2)21-10-18-11-24(29-8-6-17-4-5-17)20(25-26-7-9-30-25)12-19(18)22-13-23(28)16(3)14-27(21)22/h7,9,11-15,17,21H,4-6,8,10H2,1-3H3. The van der Waals surface area contributed by atoms with Crippen LogP contribution < -0.4 is 10.2 Å². The molecule has 156 valence electrons. The van der Waals surface area contributed by atoms with Crippen LogP contribution in [0.25, 0.3) is 21.8 Å². The van der Waals surface area contributed by atoms with Gasteiger partial charge in [0.15, 0.2) is 5.43 Å². The minimum absolute atomic E-state index is 0.0946. The smallest absolute Gasteiger partial charge is 0.185 e. The number of nitrogens with zero attached hydrogens (tertiary/aromatic N) is 2. The predicted octanol–water partition coefficient (Wildman–Crippen LogP) is 5.88. The zero-order valence-electron chi connectivity index (χ0n) is 17.9. The summed E-state index contributed by atoms with van der Waals surface area (Å²) in [4.78, 5) is 17.1. The Morgan fingerprint density at radius 2 is 2.07 bits per heavy atom. The zero-order valence-corrected chi connectivity index (χ0v) is 18.7. The number of hydrogen-bond acceptors (Lipinski definition) is 4. The van der Waals surface area contributed by atoms with Crippen molar-refractivity contribution in [1.29, 1.82) is 0 Å². The van der Waals surface area contributed by atoms with E-state index in [-0.39, 0.29) is 5.43 Å². The summed E-state index contributed by atoms with van der Waals surface area (Å²) in [6.45, 7) is 7.17. The van der Waals surface area contributed by atoms with Gasteiger partial charge in [-0.25, -0.2) is 4.98 Å². The summed E-state index contributed by atoms with van der Waals surface area (Å²) in [7, 11) is 0. The molecule has 2 aromatic heterocycles. The van der Waals surface area contributed by atoms with Crippen LogP contribution in [0.2, 0.25) is 0 Å². The normalized spacial score (nSPS) is 17.7. The van der Waals surface area contributed by atoms with Gasteiger partial charge in [-0.3, -0.25) is 4.79 Å². The van der Waals surface area contributed by atoms with Gasteiger partial charge < -0.3 is 9.30 Å². The molecule has 2 aliphatic rings. The second-order valence-corrected chi connectivity index (χ2v) is 9.95. The van der Waals surface area contributed by atoms with Crippen LogP contribution in [0.1, 0.15) is 50.3 Å². The lowest BCUT2D eigenvalue weighted by atomic mass is 9.86. The molecular weight excluding hydrogens is 392 g/mol. The van der Waals surface area contributed by atoms with E-state index in [1.807, 2.05) is 30.8 Å². The van der Waals surface area contributed by atoms with Crippen molar-refractivity contribution in [2.75, 3.05) is 6.61 Å². The van der Waals surface area contributed by atoms with Crippen LogP contribution in [0.5, 0.6) is 5.75 Å². The van der Waals surface area contributed by atoms with Crippen molar-refractivity contribution in [3.05, 3.63) is 57.3 Å². The Bertz CT molecular complexity index is 1130. The highest BCUT2D eigenvalue weighted by atomic mass is 32.1. The van der Waals surface area contributed by atoms with Crippen LogP contribution in [0, 0.1) is 18.8 Å². The van der Waals surface area contributed by atoms with Crippen molar-refractivity contribution in [2.24, 2.45) is 11.8 Å². The Labute approximate surface area is 181 Å². The minimum atomic E-state index is 0.0946. The molecule has 3 heterocycles. The van der Waals surface area contributed by atoms with E-state index in [2.05, 4.69) is 35.5 Å². The van der Waals surface area contributed by atoms with Crippen LogP contribution in [-0.4, -0.2) is 16.2 Å². The summed E-state index contributed by atoms with van der Waals surface area (Å²) in [6.07, 6.45) is 8.63. The monoisotopic (exact) mass is 420 g/mol. The van der Waals surface area contributed by atoms with Gasteiger partial charge in [0.05, 0.1) is 17.9 Å². The summed E-state index contributed by atoms with van der Waals surface area (Å²) < 4.78 is 8.61. The quantitative estimate of drug-likeness (QED) is 0.500. The largest absolute Gasteiger partial charge is 0.493 e. The molecule has 5 rings (SSSR count). The van der Waals surface area contributed by atoms with Gasteiger partial charge in [-0.2, -0.15) is 0 Å². The first-order valence-corrected chi connectivity index (χ1v) is 11.8. The number of pyridine rings is 1. The molecule has 1 aliphatic heterocycles. The maximum Gasteiger partial charge on any atom is 0.185 e. The van der Waals surface area contributed by atoms with Crippen molar-refractivity contribution < 1.29 is 4.74 Å². The third-order valence-electron chi connectivity index (χ3n) is 6.45. The van der Waals surface area contributed by atoms with Gasteiger partial charge in [-0.05, 0) is 49.3 Å². The molecule has 1 unspecified atom stereocenters. The Kier molecular flexibility index (Phi) is 5.02. The fourth-order valence-corrected chi connectivity index (χ4v) is 5.10. The molecule has 30 heavy (non-hydrogen) atoms. The average Bonchev–Trinajstić information content (AvgIpc) is 3.38. The number of hydrogen-bond donors (Lipinski definition) is 0. The van der Waals surface area contributed by atoms with Crippen molar-refractivity contribution >= 4 is 11.3 Å². The number of fused-ring (bicyclic) bond motifs is 3. The Hall–Kier alpha value is -2.40. The van der Waals surface area contributed by atoms with Crippen LogP contribution in [0.15, 0.2) is 40.8 Å². The second kappa shape index (κ2) is 7.69. The molecule has 1 atom stereocenters. The van der Waals surface area contributed by atoms with Gasteiger partial charge in [-0.15, -0.1) is 11.3 Å². The minimum Gasteiger partial charge on any atom is -0.493 e. The SMILES string of the molecule is Cc1cn2c(cc1=O)-c1cc(-c3nccs3)c(OCCC3CC3)cc1CC2C(C)C. The van der Waals surface area contributed by atoms with Gasteiger partial charge in [0.1, 0.15) is 10.8 Å². The average molecular weight is 421 g/mol. The van der Waals surface area contributed by atoms with Crippen molar-refractivity contribution in [3.8, 4) is 27.6 Å². The van der Waals surface area contributed by atoms with E-state index in [0.717, 1.165) is 58.5 Å². The maximum atomic E-state index is 12.5. The highest BCUT2D eigenvalue weighted by Crippen LogP contribution is 2.43. The van der Waals surface area contributed by atoms with Gasteiger partial charge in [0.2, 0.25) is 0 Å². The van der Waals surface area contributed by atoms with Gasteiger partial charge >= 0.3 is 0 Å². The summed E-state index contributed by atoms with van der Waals surface area (Å²) in [5, 5.41) is 2.96. The Balaban J connectivity index is 1.64. The molecular formula is C25H28N2O2S. The summed E-state index contributed by atoms with van der Waals surface area (Å²) in [5.41, 5.74) is 5.32. The number of ether oxygens (including phenoxy) is 1. The summed E-state index contributed by atoms with van der Waals surface area (Å²) in [6, 6.07) is 6.54. The number of aryl methyl sites for hydroxylation is 1. The molecule has 3 aromatic rings. The second-order valence-electron chi connectivity index (χ2n) is 9.05. The topological polar surface area (TPSA) is 44.1 Å². The van der Waals surface area contributed by atoms with Crippen molar-refractivity contribution in [3.63, 3.8) is 0 Å². The maximum absolute atomic E-state index is 12.5. The van der Waals surface area contributed by atoms with E-state index in [4.69, 9.17) is 4.74 Å². The molecule has 1 fully saturated rings. The highest BCUT2D eigenvalue weighted by molar-refractivity contribution is 7.13.